The zero-order chi connectivity index (χ0) is 23.9. The molecule has 34 heavy (non-hydrogen) atoms. The van der Waals surface area contributed by atoms with E-state index < -0.39 is 15.6 Å². The topological polar surface area (TPSA) is 141 Å². The molecular weight excluding hydrogens is 456 g/mol. The quantitative estimate of drug-likeness (QED) is 0.499. The fourth-order valence-electron chi connectivity index (χ4n) is 5.03. The minimum absolute atomic E-state index is 0.0278. The average Bonchev–Trinajstić information content (AvgIpc) is 3.18. The van der Waals surface area contributed by atoms with E-state index >= 15 is 0 Å². The summed E-state index contributed by atoms with van der Waals surface area (Å²) in [5, 5.41) is 15.0. The molecule has 1 aliphatic heterocycles. The molecule has 10 nitrogen and oxygen atoms in total. The van der Waals surface area contributed by atoms with Crippen LogP contribution in [-0.4, -0.2) is 62.5 Å². The number of nitrogens with one attached hydrogen (secondary N) is 2. The van der Waals surface area contributed by atoms with Gasteiger partial charge in [0.1, 0.15) is 5.65 Å². The first-order valence-corrected chi connectivity index (χ1v) is 13.0. The number of hydrogen-bond acceptors (Lipinski definition) is 8. The Morgan fingerprint density at radius 2 is 1.94 bits per heavy atom. The molecule has 5 rings (SSSR count). The zero-order valence-corrected chi connectivity index (χ0v) is 19.8. The largest absolute Gasteiger partial charge is 0.389 e. The molecule has 3 N–H and O–H groups in total. The van der Waals surface area contributed by atoms with Crippen molar-refractivity contribution < 1.29 is 13.5 Å². The van der Waals surface area contributed by atoms with Crippen molar-refractivity contribution in [1.82, 2.24) is 24.2 Å². The Kier molecular flexibility index (Phi) is 5.86. The standard InChI is InChI=1S/C23H28N6O4S/c1-23(31)11-4-5-17(23)20-16-7-8-18(30)26-21(16)28-22(27-20)25-15-9-13-29(14-10-15)34(32,33)19-6-2-3-12-24-19/h2-3,6-8,12,15,17,31H,4-5,9-11,13-14H2,1H3,(H2,25,26,27,28,30)/t17-,23-/m1/s1. The van der Waals surface area contributed by atoms with E-state index in [4.69, 9.17) is 4.98 Å². The van der Waals surface area contributed by atoms with Crippen LogP contribution in [0.5, 0.6) is 0 Å². The van der Waals surface area contributed by atoms with Gasteiger partial charge in [0.2, 0.25) is 11.5 Å². The molecule has 2 atom stereocenters. The third-order valence-corrected chi connectivity index (χ3v) is 8.72. The van der Waals surface area contributed by atoms with Gasteiger partial charge in [0.25, 0.3) is 10.0 Å². The third kappa shape index (κ3) is 4.30. The predicted molar refractivity (Wildman–Crippen MR) is 127 cm³/mol. The van der Waals surface area contributed by atoms with E-state index in [9.17, 15) is 18.3 Å². The summed E-state index contributed by atoms with van der Waals surface area (Å²) in [4.78, 5) is 28.0. The SMILES string of the molecule is C[C@@]1(O)CCC[C@@H]1c1nc(NC2CCN(S(=O)(=O)c3ccccn3)CC2)nc2[nH]c(=O)ccc12. The number of anilines is 1. The van der Waals surface area contributed by atoms with Crippen molar-refractivity contribution in [3.05, 3.63) is 52.6 Å². The number of fused-ring (bicyclic) bond motifs is 1. The predicted octanol–water partition coefficient (Wildman–Crippen LogP) is 2.00. The molecule has 1 saturated heterocycles. The number of nitrogens with zero attached hydrogens (tertiary/aromatic N) is 4. The molecule has 0 spiro atoms. The van der Waals surface area contributed by atoms with Crippen molar-refractivity contribution >= 4 is 27.0 Å². The zero-order valence-electron chi connectivity index (χ0n) is 18.9. The Bertz CT molecular complexity index is 1350. The summed E-state index contributed by atoms with van der Waals surface area (Å²) in [6.45, 7) is 2.53. The number of aromatic amines is 1. The maximum absolute atomic E-state index is 12.8. The summed E-state index contributed by atoms with van der Waals surface area (Å²) >= 11 is 0. The number of pyridine rings is 2. The van der Waals surface area contributed by atoms with Gasteiger partial charge in [-0.25, -0.2) is 18.4 Å². The molecule has 1 saturated carbocycles. The molecule has 0 bridgehead atoms. The first kappa shape index (κ1) is 22.9. The van der Waals surface area contributed by atoms with Gasteiger partial charge in [-0.15, -0.1) is 0 Å². The van der Waals surface area contributed by atoms with Crippen molar-refractivity contribution in [3.8, 4) is 0 Å². The third-order valence-electron chi connectivity index (χ3n) is 6.90. The fourth-order valence-corrected chi connectivity index (χ4v) is 6.43. The van der Waals surface area contributed by atoms with E-state index in [1.165, 1.54) is 22.6 Å². The molecule has 1 aliphatic carbocycles. The van der Waals surface area contributed by atoms with Crippen LogP contribution in [0.25, 0.3) is 11.0 Å². The number of H-pyrrole nitrogens is 1. The summed E-state index contributed by atoms with van der Waals surface area (Å²) in [7, 11) is -3.63. The van der Waals surface area contributed by atoms with Crippen LogP contribution in [0, 0.1) is 0 Å². The number of sulfonamides is 1. The van der Waals surface area contributed by atoms with Crippen molar-refractivity contribution in [3.63, 3.8) is 0 Å². The average molecular weight is 485 g/mol. The Labute approximate surface area is 197 Å². The minimum Gasteiger partial charge on any atom is -0.389 e. The Balaban J connectivity index is 1.37. The summed E-state index contributed by atoms with van der Waals surface area (Å²) < 4.78 is 27.1. The lowest BCUT2D eigenvalue weighted by Crippen LogP contribution is -2.42. The van der Waals surface area contributed by atoms with Gasteiger partial charge in [-0.3, -0.25) is 4.79 Å². The van der Waals surface area contributed by atoms with Crippen LogP contribution in [0.15, 0.2) is 46.3 Å². The van der Waals surface area contributed by atoms with E-state index in [0.717, 1.165) is 23.9 Å². The Morgan fingerprint density at radius 1 is 1.15 bits per heavy atom. The number of piperidine rings is 1. The van der Waals surface area contributed by atoms with Crippen LogP contribution in [0.2, 0.25) is 0 Å². The van der Waals surface area contributed by atoms with Crippen molar-refractivity contribution in [2.45, 2.75) is 61.6 Å². The molecule has 2 fully saturated rings. The molecule has 0 amide bonds. The number of hydrogen-bond donors (Lipinski definition) is 3. The van der Waals surface area contributed by atoms with Crippen LogP contribution in [0.4, 0.5) is 5.95 Å². The second-order valence-corrected chi connectivity index (χ2v) is 11.2. The van der Waals surface area contributed by atoms with Gasteiger partial charge in [-0.1, -0.05) is 6.07 Å². The highest BCUT2D eigenvalue weighted by Gasteiger charge is 2.40. The second kappa shape index (κ2) is 8.71. The molecule has 3 aromatic rings. The number of aromatic nitrogens is 4. The maximum Gasteiger partial charge on any atom is 0.260 e. The van der Waals surface area contributed by atoms with Gasteiger partial charge in [0.05, 0.1) is 11.3 Å². The Morgan fingerprint density at radius 3 is 2.62 bits per heavy atom. The summed E-state index contributed by atoms with van der Waals surface area (Å²) in [5.41, 5.74) is 0.0217. The van der Waals surface area contributed by atoms with Crippen molar-refractivity contribution in [2.24, 2.45) is 0 Å². The summed E-state index contributed by atoms with van der Waals surface area (Å²) in [5.74, 6) is 0.216. The van der Waals surface area contributed by atoms with Crippen LogP contribution < -0.4 is 10.9 Å². The number of rotatable bonds is 5. The highest BCUT2D eigenvalue weighted by Crippen LogP contribution is 2.43. The monoisotopic (exact) mass is 484 g/mol. The lowest BCUT2D eigenvalue weighted by molar-refractivity contribution is 0.0489. The fraction of sp³-hybridized carbons (Fsp3) is 0.478. The lowest BCUT2D eigenvalue weighted by Gasteiger charge is -2.31. The molecule has 4 heterocycles. The molecule has 11 heteroatoms. The van der Waals surface area contributed by atoms with Gasteiger partial charge < -0.3 is 15.4 Å². The molecule has 0 aromatic carbocycles. The van der Waals surface area contributed by atoms with Gasteiger partial charge in [-0.2, -0.15) is 9.29 Å². The van der Waals surface area contributed by atoms with Crippen molar-refractivity contribution in [1.29, 1.82) is 0 Å². The molecular formula is C23H28N6O4S. The molecule has 0 radical (unpaired) electrons. The first-order chi connectivity index (χ1) is 16.2. The van der Waals surface area contributed by atoms with E-state index in [1.807, 2.05) is 6.92 Å². The van der Waals surface area contributed by atoms with Gasteiger partial charge in [-0.05, 0) is 57.2 Å². The summed E-state index contributed by atoms with van der Waals surface area (Å²) in [6.07, 6.45) is 5.03. The van der Waals surface area contributed by atoms with Crippen LogP contribution in [0.3, 0.4) is 0 Å². The van der Waals surface area contributed by atoms with Crippen molar-refractivity contribution in [2.75, 3.05) is 18.4 Å². The number of aliphatic hydroxyl groups is 1. The smallest absolute Gasteiger partial charge is 0.260 e. The highest BCUT2D eigenvalue weighted by atomic mass is 32.2. The Hall–Kier alpha value is -2.89. The molecule has 3 aromatic heterocycles. The van der Waals surface area contributed by atoms with E-state index in [0.29, 0.717) is 43.9 Å². The van der Waals surface area contributed by atoms with Gasteiger partial charge >= 0.3 is 0 Å². The second-order valence-electron chi connectivity index (χ2n) is 9.31. The van der Waals surface area contributed by atoms with Gasteiger partial charge in [0, 0.05) is 42.7 Å². The minimum atomic E-state index is -3.63. The van der Waals surface area contributed by atoms with Crippen LogP contribution in [0.1, 0.15) is 50.6 Å². The molecule has 0 unspecified atom stereocenters. The van der Waals surface area contributed by atoms with Crippen LogP contribution in [-0.2, 0) is 10.0 Å². The lowest BCUT2D eigenvalue weighted by atomic mass is 9.88. The van der Waals surface area contributed by atoms with Gasteiger partial charge in [0.15, 0.2) is 5.03 Å². The molecule has 180 valence electrons. The van der Waals surface area contributed by atoms with E-state index in [2.05, 4.69) is 20.3 Å². The van der Waals surface area contributed by atoms with E-state index in [1.54, 1.807) is 18.2 Å². The highest BCUT2D eigenvalue weighted by molar-refractivity contribution is 7.89. The summed E-state index contributed by atoms with van der Waals surface area (Å²) in [6, 6.07) is 7.98. The molecule has 2 aliphatic rings. The first-order valence-electron chi connectivity index (χ1n) is 11.6. The van der Waals surface area contributed by atoms with E-state index in [-0.39, 0.29) is 22.5 Å². The normalized spacial score (nSPS) is 24.5. The maximum atomic E-state index is 12.8. The van der Waals surface area contributed by atoms with Crippen LogP contribution >= 0.6 is 0 Å².